The second-order valence-corrected chi connectivity index (χ2v) is 4.76. The first-order chi connectivity index (χ1) is 7.65. The van der Waals surface area contributed by atoms with Gasteiger partial charge in [-0.25, -0.2) is 0 Å². The van der Waals surface area contributed by atoms with Crippen molar-refractivity contribution >= 4 is 5.91 Å². The van der Waals surface area contributed by atoms with Crippen LogP contribution < -0.4 is 5.73 Å². The van der Waals surface area contributed by atoms with E-state index >= 15 is 0 Å². The number of amides is 1. The summed E-state index contributed by atoms with van der Waals surface area (Å²) in [7, 11) is 0. The molecule has 1 unspecified atom stereocenters. The van der Waals surface area contributed by atoms with E-state index in [1.807, 2.05) is 11.8 Å². The molecule has 0 aromatic rings. The minimum Gasteiger partial charge on any atom is -0.396 e. The van der Waals surface area contributed by atoms with Gasteiger partial charge in [-0.3, -0.25) is 4.79 Å². The third-order valence-electron chi connectivity index (χ3n) is 3.21. The SMILES string of the molecule is CC(N)CCC(=O)N(CCCO)C1CCC1. The number of nitrogens with two attached hydrogens (primary N) is 1. The average Bonchev–Trinajstić information content (AvgIpc) is 2.17. The number of hydrogen-bond donors (Lipinski definition) is 2. The van der Waals surface area contributed by atoms with Crippen LogP contribution >= 0.6 is 0 Å². The van der Waals surface area contributed by atoms with Crippen molar-refractivity contribution < 1.29 is 9.90 Å². The fourth-order valence-corrected chi connectivity index (χ4v) is 1.95. The number of carbonyl (C=O) groups excluding carboxylic acids is 1. The average molecular weight is 228 g/mol. The van der Waals surface area contributed by atoms with Crippen LogP contribution in [0.2, 0.25) is 0 Å². The number of carbonyl (C=O) groups is 1. The Labute approximate surface area is 97.8 Å². The lowest BCUT2D eigenvalue weighted by atomic mass is 9.91. The zero-order valence-corrected chi connectivity index (χ0v) is 10.2. The predicted octanol–water partition coefficient (Wildman–Crippen LogP) is 0.877. The van der Waals surface area contributed by atoms with Gasteiger partial charge < -0.3 is 15.7 Å². The van der Waals surface area contributed by atoms with Crippen molar-refractivity contribution in [2.24, 2.45) is 5.73 Å². The largest absolute Gasteiger partial charge is 0.396 e. The van der Waals surface area contributed by atoms with Crippen LogP contribution in [0, 0.1) is 0 Å². The maximum absolute atomic E-state index is 12.0. The van der Waals surface area contributed by atoms with Crippen molar-refractivity contribution in [2.75, 3.05) is 13.2 Å². The first-order valence-electron chi connectivity index (χ1n) is 6.31. The summed E-state index contributed by atoms with van der Waals surface area (Å²) in [6, 6.07) is 0.511. The van der Waals surface area contributed by atoms with Gasteiger partial charge in [-0.15, -0.1) is 0 Å². The summed E-state index contributed by atoms with van der Waals surface area (Å²) >= 11 is 0. The minimum absolute atomic E-state index is 0.0880. The maximum atomic E-state index is 12.0. The summed E-state index contributed by atoms with van der Waals surface area (Å²) in [4.78, 5) is 13.9. The minimum atomic E-state index is 0.0880. The molecule has 16 heavy (non-hydrogen) atoms. The quantitative estimate of drug-likeness (QED) is 0.679. The molecule has 1 fully saturated rings. The van der Waals surface area contributed by atoms with E-state index in [1.54, 1.807) is 0 Å². The topological polar surface area (TPSA) is 66.6 Å². The molecule has 0 aromatic heterocycles. The molecule has 1 amide bonds. The van der Waals surface area contributed by atoms with Crippen LogP contribution in [0.1, 0.15) is 45.4 Å². The normalized spacial score (nSPS) is 17.9. The van der Waals surface area contributed by atoms with Gasteiger partial charge in [0.15, 0.2) is 0 Å². The van der Waals surface area contributed by atoms with Crippen LogP contribution in [0.4, 0.5) is 0 Å². The number of nitrogens with zero attached hydrogens (tertiary/aromatic N) is 1. The smallest absolute Gasteiger partial charge is 0.222 e. The molecule has 94 valence electrons. The monoisotopic (exact) mass is 228 g/mol. The molecule has 0 saturated heterocycles. The Morgan fingerprint density at radius 2 is 2.25 bits per heavy atom. The third kappa shape index (κ3) is 4.10. The Morgan fingerprint density at radius 1 is 1.56 bits per heavy atom. The number of hydrogen-bond acceptors (Lipinski definition) is 3. The molecule has 0 heterocycles. The highest BCUT2D eigenvalue weighted by molar-refractivity contribution is 5.76. The first-order valence-corrected chi connectivity index (χ1v) is 6.31. The van der Waals surface area contributed by atoms with Crippen LogP contribution in [0.25, 0.3) is 0 Å². The molecule has 0 aromatic carbocycles. The van der Waals surface area contributed by atoms with Crippen molar-refractivity contribution in [3.8, 4) is 0 Å². The molecule has 1 saturated carbocycles. The first kappa shape index (κ1) is 13.5. The second-order valence-electron chi connectivity index (χ2n) is 4.76. The van der Waals surface area contributed by atoms with Gasteiger partial charge in [-0.1, -0.05) is 0 Å². The molecule has 1 atom stereocenters. The molecule has 0 spiro atoms. The van der Waals surface area contributed by atoms with Gasteiger partial charge >= 0.3 is 0 Å². The lowest BCUT2D eigenvalue weighted by Gasteiger charge is -2.37. The van der Waals surface area contributed by atoms with Gasteiger partial charge in [0.1, 0.15) is 0 Å². The van der Waals surface area contributed by atoms with Crippen molar-refractivity contribution in [2.45, 2.75) is 57.5 Å². The van der Waals surface area contributed by atoms with Crippen LogP contribution in [-0.4, -0.2) is 41.1 Å². The van der Waals surface area contributed by atoms with Gasteiger partial charge in [0.2, 0.25) is 5.91 Å². The highest BCUT2D eigenvalue weighted by Crippen LogP contribution is 2.25. The van der Waals surface area contributed by atoms with E-state index in [1.165, 1.54) is 6.42 Å². The summed E-state index contributed by atoms with van der Waals surface area (Å²) in [6.45, 7) is 2.78. The van der Waals surface area contributed by atoms with Gasteiger partial charge in [-0.05, 0) is 39.0 Å². The van der Waals surface area contributed by atoms with Crippen LogP contribution in [0.15, 0.2) is 0 Å². The Morgan fingerprint density at radius 3 is 2.69 bits per heavy atom. The molecule has 0 bridgehead atoms. The number of aliphatic hydroxyl groups excluding tert-OH is 1. The fourth-order valence-electron chi connectivity index (χ4n) is 1.95. The van der Waals surface area contributed by atoms with Crippen LogP contribution in [0.5, 0.6) is 0 Å². The summed E-state index contributed by atoms with van der Waals surface area (Å²) in [5.74, 6) is 0.204. The zero-order chi connectivity index (χ0) is 12.0. The van der Waals surface area contributed by atoms with Gasteiger partial charge in [0.25, 0.3) is 0 Å². The summed E-state index contributed by atoms with van der Waals surface area (Å²) in [5, 5.41) is 8.83. The Kier molecular flexibility index (Phi) is 5.77. The van der Waals surface area contributed by atoms with E-state index in [0.717, 1.165) is 19.3 Å². The van der Waals surface area contributed by atoms with Gasteiger partial charge in [-0.2, -0.15) is 0 Å². The molecule has 1 rings (SSSR count). The second kappa shape index (κ2) is 6.86. The molecular weight excluding hydrogens is 204 g/mol. The molecule has 1 aliphatic carbocycles. The standard InChI is InChI=1S/C12H24N2O2/c1-10(13)6-7-12(16)14(8-3-9-15)11-4-2-5-11/h10-11,15H,2-9,13H2,1H3. The van der Waals surface area contributed by atoms with E-state index in [2.05, 4.69) is 0 Å². The molecule has 4 nitrogen and oxygen atoms in total. The molecule has 1 aliphatic rings. The van der Waals surface area contributed by atoms with Crippen molar-refractivity contribution in [1.29, 1.82) is 0 Å². The molecule has 0 aliphatic heterocycles. The highest BCUT2D eigenvalue weighted by Gasteiger charge is 2.27. The third-order valence-corrected chi connectivity index (χ3v) is 3.21. The molecular formula is C12H24N2O2. The number of aliphatic hydroxyl groups is 1. The molecule has 3 N–H and O–H groups in total. The summed E-state index contributed by atoms with van der Waals surface area (Å²) in [5.41, 5.74) is 5.65. The highest BCUT2D eigenvalue weighted by atomic mass is 16.3. The van der Waals surface area contributed by atoms with E-state index < -0.39 is 0 Å². The van der Waals surface area contributed by atoms with E-state index in [-0.39, 0.29) is 18.6 Å². The Bertz CT molecular complexity index is 215. The van der Waals surface area contributed by atoms with Crippen LogP contribution in [-0.2, 0) is 4.79 Å². The van der Waals surface area contributed by atoms with Crippen molar-refractivity contribution in [3.05, 3.63) is 0 Å². The molecule has 0 radical (unpaired) electrons. The summed E-state index contributed by atoms with van der Waals surface area (Å²) in [6.07, 6.45) is 5.44. The van der Waals surface area contributed by atoms with Crippen LogP contribution in [0.3, 0.4) is 0 Å². The van der Waals surface area contributed by atoms with E-state index in [0.29, 0.717) is 25.4 Å². The maximum Gasteiger partial charge on any atom is 0.222 e. The lowest BCUT2D eigenvalue weighted by molar-refractivity contribution is -0.135. The Hall–Kier alpha value is -0.610. The Balaban J connectivity index is 2.37. The number of rotatable bonds is 7. The van der Waals surface area contributed by atoms with Crippen molar-refractivity contribution in [1.82, 2.24) is 4.90 Å². The zero-order valence-electron chi connectivity index (χ0n) is 10.2. The fraction of sp³-hybridized carbons (Fsp3) is 0.917. The molecule has 4 heteroatoms. The van der Waals surface area contributed by atoms with Gasteiger partial charge in [0, 0.05) is 31.7 Å². The lowest BCUT2D eigenvalue weighted by Crippen LogP contribution is -2.45. The van der Waals surface area contributed by atoms with Crippen molar-refractivity contribution in [3.63, 3.8) is 0 Å². The summed E-state index contributed by atoms with van der Waals surface area (Å²) < 4.78 is 0. The van der Waals surface area contributed by atoms with Gasteiger partial charge in [0.05, 0.1) is 0 Å². The van der Waals surface area contributed by atoms with E-state index in [9.17, 15) is 4.79 Å². The predicted molar refractivity (Wildman–Crippen MR) is 63.9 cm³/mol. The van der Waals surface area contributed by atoms with E-state index in [4.69, 9.17) is 10.8 Å².